The third kappa shape index (κ3) is 3.94. The van der Waals surface area contributed by atoms with Gasteiger partial charge in [-0.25, -0.2) is 9.37 Å². The van der Waals surface area contributed by atoms with E-state index in [1.165, 1.54) is 6.07 Å². The first-order chi connectivity index (χ1) is 13.6. The van der Waals surface area contributed by atoms with Crippen LogP contribution in [0.2, 0.25) is 0 Å². The number of rotatable bonds is 4. The Morgan fingerprint density at radius 1 is 1.21 bits per heavy atom. The van der Waals surface area contributed by atoms with Crippen LogP contribution in [-0.4, -0.2) is 39.9 Å². The number of piperidine rings is 1. The van der Waals surface area contributed by atoms with E-state index in [0.29, 0.717) is 29.6 Å². The van der Waals surface area contributed by atoms with Gasteiger partial charge < -0.3 is 10.3 Å². The van der Waals surface area contributed by atoms with Crippen LogP contribution < -0.4 is 10.9 Å². The maximum absolute atomic E-state index is 13.9. The average molecular weight is 380 g/mol. The van der Waals surface area contributed by atoms with Gasteiger partial charge >= 0.3 is 0 Å². The molecule has 2 N–H and O–H groups in total. The Morgan fingerprint density at radius 2 is 2.00 bits per heavy atom. The molecule has 144 valence electrons. The second-order valence-electron chi connectivity index (χ2n) is 7.07. The summed E-state index contributed by atoms with van der Waals surface area (Å²) in [5, 5.41) is 3.40. The molecule has 28 heavy (non-hydrogen) atoms. The predicted octanol–water partition coefficient (Wildman–Crippen LogP) is 2.46. The van der Waals surface area contributed by atoms with E-state index >= 15 is 0 Å². The molecule has 2 heterocycles. The fraction of sp³-hybridized carbons (Fsp3) is 0.286. The Morgan fingerprint density at radius 3 is 2.86 bits per heavy atom. The summed E-state index contributed by atoms with van der Waals surface area (Å²) in [6.07, 6.45) is 1.73. The molecule has 7 heteroatoms. The first-order valence-electron chi connectivity index (χ1n) is 9.36. The van der Waals surface area contributed by atoms with Crippen molar-refractivity contribution < 1.29 is 9.18 Å². The Hall–Kier alpha value is -3.06. The van der Waals surface area contributed by atoms with Gasteiger partial charge in [0.05, 0.1) is 10.9 Å². The lowest BCUT2D eigenvalue weighted by Crippen LogP contribution is -2.47. The molecular weight excluding hydrogens is 359 g/mol. The van der Waals surface area contributed by atoms with Crippen molar-refractivity contribution in [1.82, 2.24) is 20.2 Å². The lowest BCUT2D eigenvalue weighted by Gasteiger charge is -2.33. The van der Waals surface area contributed by atoms with E-state index in [1.54, 1.807) is 36.4 Å². The van der Waals surface area contributed by atoms with Gasteiger partial charge in [-0.3, -0.25) is 14.5 Å². The smallest absolute Gasteiger partial charge is 0.287 e. The predicted molar refractivity (Wildman–Crippen MR) is 105 cm³/mol. The number of nitrogens with zero attached hydrogens (tertiary/aromatic N) is 2. The number of hydrogen-bond donors (Lipinski definition) is 2. The third-order valence-corrected chi connectivity index (χ3v) is 5.02. The highest BCUT2D eigenvalue weighted by Gasteiger charge is 2.23. The summed E-state index contributed by atoms with van der Waals surface area (Å²) < 4.78 is 13.9. The van der Waals surface area contributed by atoms with Crippen molar-refractivity contribution in [3.8, 4) is 0 Å². The number of para-hydroxylation sites is 1. The standard InChI is InChI=1S/C21H21FN4O2/c22-17-9-3-1-6-14(17)12-26-11-5-7-15(13-26)23-21(28)19-24-18-10-4-2-8-16(18)20(27)25-19/h1-4,6,8-10,15H,5,7,11-13H2,(H,23,28)(H,24,25,27). The van der Waals surface area contributed by atoms with Crippen molar-refractivity contribution >= 4 is 16.8 Å². The number of amides is 1. The van der Waals surface area contributed by atoms with Crippen LogP contribution in [-0.2, 0) is 6.54 Å². The zero-order valence-corrected chi connectivity index (χ0v) is 15.3. The molecule has 6 nitrogen and oxygen atoms in total. The summed E-state index contributed by atoms with van der Waals surface area (Å²) in [6.45, 7) is 1.98. The van der Waals surface area contributed by atoms with E-state index in [-0.39, 0.29) is 23.2 Å². The minimum Gasteiger partial charge on any atom is -0.345 e. The van der Waals surface area contributed by atoms with Crippen LogP contribution in [0.4, 0.5) is 4.39 Å². The SMILES string of the molecule is O=C(NC1CCCN(Cc2ccccc2F)C1)c1nc2ccccc2c(=O)[nH]1. The van der Waals surface area contributed by atoms with Gasteiger partial charge in [0, 0.05) is 24.7 Å². The second kappa shape index (κ2) is 7.90. The Balaban J connectivity index is 1.44. The Bertz CT molecular complexity index is 1070. The van der Waals surface area contributed by atoms with E-state index < -0.39 is 5.91 Å². The number of carbonyl (C=O) groups is 1. The van der Waals surface area contributed by atoms with Gasteiger partial charge in [0.15, 0.2) is 5.82 Å². The second-order valence-corrected chi connectivity index (χ2v) is 7.07. The summed E-state index contributed by atoms with van der Waals surface area (Å²) in [7, 11) is 0. The normalized spacial score (nSPS) is 17.5. The van der Waals surface area contributed by atoms with Gasteiger partial charge in [0.2, 0.25) is 0 Å². The van der Waals surface area contributed by atoms with Crippen LogP contribution in [0, 0.1) is 5.82 Å². The minimum absolute atomic E-state index is 0.00919. The number of carbonyl (C=O) groups excluding carboxylic acids is 1. The Labute approximate surface area is 161 Å². The van der Waals surface area contributed by atoms with Crippen LogP contribution >= 0.6 is 0 Å². The highest BCUT2D eigenvalue weighted by molar-refractivity contribution is 5.92. The molecule has 1 unspecified atom stereocenters. The third-order valence-electron chi connectivity index (χ3n) is 5.02. The van der Waals surface area contributed by atoms with Gasteiger partial charge in [-0.1, -0.05) is 30.3 Å². The zero-order valence-electron chi connectivity index (χ0n) is 15.3. The van der Waals surface area contributed by atoms with Gasteiger partial charge in [-0.15, -0.1) is 0 Å². The largest absolute Gasteiger partial charge is 0.345 e. The summed E-state index contributed by atoms with van der Waals surface area (Å²) in [6, 6.07) is 13.6. The van der Waals surface area contributed by atoms with Crippen LogP contribution in [0.5, 0.6) is 0 Å². The van der Waals surface area contributed by atoms with Crippen LogP contribution in [0.3, 0.4) is 0 Å². The fourth-order valence-corrected chi connectivity index (χ4v) is 3.63. The number of aromatic amines is 1. The first-order valence-corrected chi connectivity index (χ1v) is 9.36. The monoisotopic (exact) mass is 380 g/mol. The maximum Gasteiger partial charge on any atom is 0.287 e. The van der Waals surface area contributed by atoms with Crippen molar-refractivity contribution in [3.05, 3.63) is 76.1 Å². The van der Waals surface area contributed by atoms with Crippen molar-refractivity contribution in [3.63, 3.8) is 0 Å². The minimum atomic E-state index is -0.402. The molecule has 3 aromatic rings. The van der Waals surface area contributed by atoms with E-state index in [9.17, 15) is 14.0 Å². The number of aromatic nitrogens is 2. The molecule has 0 spiro atoms. The highest BCUT2D eigenvalue weighted by atomic mass is 19.1. The summed E-state index contributed by atoms with van der Waals surface area (Å²) in [5.41, 5.74) is 0.803. The molecule has 1 aliphatic heterocycles. The van der Waals surface area contributed by atoms with Crippen molar-refractivity contribution in [2.24, 2.45) is 0 Å². The molecule has 4 rings (SSSR count). The number of likely N-dealkylation sites (tertiary alicyclic amines) is 1. The van der Waals surface area contributed by atoms with Crippen molar-refractivity contribution in [2.45, 2.75) is 25.4 Å². The highest BCUT2D eigenvalue weighted by Crippen LogP contribution is 2.16. The number of H-pyrrole nitrogens is 1. The molecule has 1 saturated heterocycles. The first kappa shape index (κ1) is 18.3. The molecule has 1 aliphatic rings. The molecule has 1 amide bonds. The quantitative estimate of drug-likeness (QED) is 0.729. The molecule has 2 aromatic carbocycles. The molecule has 0 radical (unpaired) electrons. The number of nitrogens with one attached hydrogen (secondary N) is 2. The van der Waals surface area contributed by atoms with Gasteiger partial charge in [0.1, 0.15) is 5.82 Å². The summed E-state index contributed by atoms with van der Waals surface area (Å²) in [4.78, 5) is 33.7. The topological polar surface area (TPSA) is 78.1 Å². The lowest BCUT2D eigenvalue weighted by atomic mass is 10.0. The number of halogens is 1. The van der Waals surface area contributed by atoms with Crippen molar-refractivity contribution in [2.75, 3.05) is 13.1 Å². The molecule has 1 atom stereocenters. The number of hydrogen-bond acceptors (Lipinski definition) is 4. The van der Waals surface area contributed by atoms with Crippen LogP contribution in [0.1, 0.15) is 29.0 Å². The van der Waals surface area contributed by atoms with Gasteiger partial charge in [-0.2, -0.15) is 0 Å². The zero-order chi connectivity index (χ0) is 19.5. The van der Waals surface area contributed by atoms with Crippen LogP contribution in [0.15, 0.2) is 53.3 Å². The summed E-state index contributed by atoms with van der Waals surface area (Å²) >= 11 is 0. The van der Waals surface area contributed by atoms with E-state index in [0.717, 1.165) is 19.4 Å². The van der Waals surface area contributed by atoms with E-state index in [2.05, 4.69) is 20.2 Å². The van der Waals surface area contributed by atoms with Gasteiger partial charge in [-0.05, 0) is 37.6 Å². The Kier molecular flexibility index (Phi) is 5.16. The number of fused-ring (bicyclic) bond motifs is 1. The summed E-state index contributed by atoms with van der Waals surface area (Å²) in [5.74, 6) is -0.609. The average Bonchev–Trinajstić information content (AvgIpc) is 2.70. The maximum atomic E-state index is 13.9. The molecule has 1 fully saturated rings. The van der Waals surface area contributed by atoms with Crippen molar-refractivity contribution in [1.29, 1.82) is 0 Å². The fourth-order valence-electron chi connectivity index (χ4n) is 3.63. The molecular formula is C21H21FN4O2. The van der Waals surface area contributed by atoms with E-state index in [4.69, 9.17) is 0 Å². The lowest BCUT2D eigenvalue weighted by molar-refractivity contribution is 0.0889. The molecule has 1 aromatic heterocycles. The molecule has 0 bridgehead atoms. The van der Waals surface area contributed by atoms with Gasteiger partial charge in [0.25, 0.3) is 11.5 Å². The number of benzene rings is 2. The van der Waals surface area contributed by atoms with E-state index in [1.807, 2.05) is 6.07 Å². The molecule has 0 saturated carbocycles. The van der Waals surface area contributed by atoms with Crippen LogP contribution in [0.25, 0.3) is 10.9 Å². The molecule has 0 aliphatic carbocycles.